The van der Waals surface area contributed by atoms with Crippen molar-refractivity contribution in [3.05, 3.63) is 65.2 Å². The molecule has 0 saturated carbocycles. The minimum Gasteiger partial charge on any atom is -0.489 e. The van der Waals surface area contributed by atoms with Crippen molar-refractivity contribution in [2.24, 2.45) is 0 Å². The molecule has 2 rings (SSSR count). The molecule has 0 unspecified atom stereocenters. The molecule has 3 nitrogen and oxygen atoms in total. The number of unbranched alkanes of at least 4 members (excludes halogenated alkanes) is 2. The van der Waals surface area contributed by atoms with E-state index < -0.39 is 5.97 Å². The van der Waals surface area contributed by atoms with Gasteiger partial charge in [0.1, 0.15) is 12.4 Å². The van der Waals surface area contributed by atoms with Crippen molar-refractivity contribution >= 4 is 5.97 Å². The van der Waals surface area contributed by atoms with Gasteiger partial charge in [0, 0.05) is 6.42 Å². The predicted molar refractivity (Wildman–Crippen MR) is 96.4 cm³/mol. The summed E-state index contributed by atoms with van der Waals surface area (Å²) in [5, 5.41) is 8.69. The summed E-state index contributed by atoms with van der Waals surface area (Å²) in [6.07, 6.45) is 5.64. The fourth-order valence-corrected chi connectivity index (χ4v) is 2.55. The summed E-state index contributed by atoms with van der Waals surface area (Å²) < 4.78 is 5.79. The van der Waals surface area contributed by atoms with Crippen LogP contribution in [0.15, 0.2) is 48.5 Å². The van der Waals surface area contributed by atoms with Gasteiger partial charge in [-0.2, -0.15) is 0 Å². The zero-order valence-electron chi connectivity index (χ0n) is 14.3. The molecule has 0 aliphatic rings. The van der Waals surface area contributed by atoms with Crippen LogP contribution in [0.5, 0.6) is 5.75 Å². The number of rotatable bonds is 10. The van der Waals surface area contributed by atoms with Gasteiger partial charge in [0.05, 0.1) is 0 Å². The van der Waals surface area contributed by atoms with E-state index >= 15 is 0 Å². The molecule has 2 aromatic carbocycles. The maximum Gasteiger partial charge on any atom is 0.303 e. The second-order valence-corrected chi connectivity index (χ2v) is 6.10. The van der Waals surface area contributed by atoms with Crippen molar-refractivity contribution in [1.29, 1.82) is 0 Å². The predicted octanol–water partition coefficient (Wildman–Crippen LogP) is 5.02. The fourth-order valence-electron chi connectivity index (χ4n) is 2.55. The summed E-state index contributed by atoms with van der Waals surface area (Å²) in [5.74, 6) is 0.0366. The Bertz CT molecular complexity index is 615. The summed E-state index contributed by atoms with van der Waals surface area (Å²) in [6.45, 7) is 2.77. The van der Waals surface area contributed by atoms with Crippen LogP contribution in [-0.2, 0) is 24.2 Å². The summed E-state index contributed by atoms with van der Waals surface area (Å²) in [4.78, 5) is 10.6. The number of hydrogen-bond donors (Lipinski definition) is 1. The van der Waals surface area contributed by atoms with Crippen LogP contribution >= 0.6 is 0 Å². The first-order chi connectivity index (χ1) is 11.7. The maximum absolute atomic E-state index is 10.6. The van der Waals surface area contributed by atoms with Crippen molar-refractivity contribution in [3.63, 3.8) is 0 Å². The van der Waals surface area contributed by atoms with Gasteiger partial charge in [-0.1, -0.05) is 56.2 Å². The van der Waals surface area contributed by atoms with Gasteiger partial charge in [0.2, 0.25) is 0 Å². The number of aliphatic carboxylic acids is 1. The van der Waals surface area contributed by atoms with Gasteiger partial charge in [-0.15, -0.1) is 0 Å². The molecular weight excluding hydrogens is 300 g/mol. The van der Waals surface area contributed by atoms with Crippen LogP contribution in [-0.4, -0.2) is 11.1 Å². The van der Waals surface area contributed by atoms with Gasteiger partial charge in [-0.3, -0.25) is 4.79 Å². The molecule has 128 valence electrons. The SMILES string of the molecule is CCCCCc1ccc(COc2ccc(CCC(=O)O)cc2)cc1. The van der Waals surface area contributed by atoms with E-state index in [9.17, 15) is 4.79 Å². The number of carbonyl (C=O) groups is 1. The molecule has 0 radical (unpaired) electrons. The topological polar surface area (TPSA) is 46.5 Å². The van der Waals surface area contributed by atoms with E-state index in [0.29, 0.717) is 13.0 Å². The molecule has 0 spiro atoms. The highest BCUT2D eigenvalue weighted by molar-refractivity contribution is 5.67. The molecule has 0 aliphatic carbocycles. The third-order valence-electron chi connectivity index (χ3n) is 4.05. The normalized spacial score (nSPS) is 10.5. The van der Waals surface area contributed by atoms with Crippen molar-refractivity contribution in [3.8, 4) is 5.75 Å². The molecular formula is C21H26O3. The van der Waals surface area contributed by atoms with Gasteiger partial charge in [0.15, 0.2) is 0 Å². The molecule has 0 atom stereocenters. The monoisotopic (exact) mass is 326 g/mol. The van der Waals surface area contributed by atoms with E-state index in [-0.39, 0.29) is 6.42 Å². The quantitative estimate of drug-likeness (QED) is 0.624. The third kappa shape index (κ3) is 6.45. The van der Waals surface area contributed by atoms with Gasteiger partial charge >= 0.3 is 5.97 Å². The van der Waals surface area contributed by atoms with Crippen LogP contribution in [0.2, 0.25) is 0 Å². The Labute approximate surface area is 144 Å². The van der Waals surface area contributed by atoms with Crippen LogP contribution in [0, 0.1) is 0 Å². The smallest absolute Gasteiger partial charge is 0.303 e. The number of ether oxygens (including phenoxy) is 1. The minimum absolute atomic E-state index is 0.158. The Hall–Kier alpha value is -2.29. The summed E-state index contributed by atoms with van der Waals surface area (Å²) in [5.41, 5.74) is 3.56. The molecule has 0 aliphatic heterocycles. The van der Waals surface area contributed by atoms with Crippen LogP contribution in [0.3, 0.4) is 0 Å². The standard InChI is InChI=1S/C21H26O3/c1-2-3-4-5-17-6-8-19(9-7-17)16-24-20-13-10-18(11-14-20)12-15-21(22)23/h6-11,13-14H,2-5,12,15-16H2,1H3,(H,22,23). The molecule has 24 heavy (non-hydrogen) atoms. The highest BCUT2D eigenvalue weighted by atomic mass is 16.5. The molecule has 1 N–H and O–H groups in total. The third-order valence-corrected chi connectivity index (χ3v) is 4.05. The Kier molecular flexibility index (Phi) is 7.34. The lowest BCUT2D eigenvalue weighted by molar-refractivity contribution is -0.136. The van der Waals surface area contributed by atoms with Crippen LogP contribution in [0.25, 0.3) is 0 Å². The van der Waals surface area contributed by atoms with Crippen LogP contribution in [0.4, 0.5) is 0 Å². The lowest BCUT2D eigenvalue weighted by Crippen LogP contribution is -1.98. The van der Waals surface area contributed by atoms with Crippen molar-refractivity contribution in [2.45, 2.75) is 52.1 Å². The van der Waals surface area contributed by atoms with Gasteiger partial charge in [-0.25, -0.2) is 0 Å². The van der Waals surface area contributed by atoms with E-state index in [1.807, 2.05) is 24.3 Å². The lowest BCUT2D eigenvalue weighted by atomic mass is 10.1. The van der Waals surface area contributed by atoms with Crippen molar-refractivity contribution in [1.82, 2.24) is 0 Å². The molecule has 0 amide bonds. The lowest BCUT2D eigenvalue weighted by Gasteiger charge is -2.08. The van der Waals surface area contributed by atoms with E-state index in [1.165, 1.54) is 24.8 Å². The molecule has 0 saturated heterocycles. The highest BCUT2D eigenvalue weighted by Crippen LogP contribution is 2.16. The Morgan fingerprint density at radius 3 is 2.08 bits per heavy atom. The number of benzene rings is 2. The first kappa shape index (κ1) is 18.1. The first-order valence-corrected chi connectivity index (χ1v) is 8.68. The molecule has 3 heteroatoms. The second-order valence-electron chi connectivity index (χ2n) is 6.10. The van der Waals surface area contributed by atoms with Crippen molar-refractivity contribution in [2.75, 3.05) is 0 Å². The summed E-state index contributed by atoms with van der Waals surface area (Å²) in [6, 6.07) is 16.3. The van der Waals surface area contributed by atoms with Crippen LogP contribution < -0.4 is 4.74 Å². The molecule has 0 aromatic heterocycles. The largest absolute Gasteiger partial charge is 0.489 e. The molecule has 2 aromatic rings. The first-order valence-electron chi connectivity index (χ1n) is 8.68. The zero-order chi connectivity index (χ0) is 17.2. The average molecular weight is 326 g/mol. The highest BCUT2D eigenvalue weighted by Gasteiger charge is 2.01. The second kappa shape index (κ2) is 9.76. The van der Waals surface area contributed by atoms with Crippen LogP contribution in [0.1, 0.15) is 49.3 Å². The zero-order valence-corrected chi connectivity index (χ0v) is 14.3. The molecule has 0 heterocycles. The number of aryl methyl sites for hydroxylation is 2. The van der Waals surface area contributed by atoms with E-state index in [2.05, 4.69) is 31.2 Å². The number of carboxylic acid groups (broad SMARTS) is 1. The summed E-state index contributed by atoms with van der Waals surface area (Å²) in [7, 11) is 0. The van der Waals surface area contributed by atoms with Gasteiger partial charge in [-0.05, 0) is 48.1 Å². The fraction of sp³-hybridized carbons (Fsp3) is 0.381. The molecule has 0 fully saturated rings. The Morgan fingerprint density at radius 2 is 1.46 bits per heavy atom. The maximum atomic E-state index is 10.6. The van der Waals surface area contributed by atoms with Gasteiger partial charge < -0.3 is 9.84 Å². The van der Waals surface area contributed by atoms with E-state index in [0.717, 1.165) is 23.3 Å². The summed E-state index contributed by atoms with van der Waals surface area (Å²) >= 11 is 0. The number of hydrogen-bond acceptors (Lipinski definition) is 2. The van der Waals surface area contributed by atoms with Crippen molar-refractivity contribution < 1.29 is 14.6 Å². The van der Waals surface area contributed by atoms with Gasteiger partial charge in [0.25, 0.3) is 0 Å². The number of carboxylic acids is 1. The Morgan fingerprint density at radius 1 is 0.875 bits per heavy atom. The average Bonchev–Trinajstić information content (AvgIpc) is 2.60. The molecule has 0 bridgehead atoms. The van der Waals surface area contributed by atoms with E-state index in [1.54, 1.807) is 0 Å². The Balaban J connectivity index is 1.79. The minimum atomic E-state index is -0.770. The van der Waals surface area contributed by atoms with E-state index in [4.69, 9.17) is 9.84 Å².